The molecule has 0 aliphatic rings. The van der Waals surface area contributed by atoms with Gasteiger partial charge in [0.1, 0.15) is 0 Å². The number of nitrogens with zero attached hydrogens (tertiary/aromatic N) is 1. The number of hydrogen-bond acceptors (Lipinski definition) is 5. The molecule has 1 rings (SSSR count). The normalized spacial score (nSPS) is 15.3. The van der Waals surface area contributed by atoms with Crippen LogP contribution in [0.1, 0.15) is 13.3 Å². The van der Waals surface area contributed by atoms with E-state index in [1.807, 2.05) is 0 Å². The second kappa shape index (κ2) is 9.83. The summed E-state index contributed by atoms with van der Waals surface area (Å²) in [6, 6.07) is 3.57. The van der Waals surface area contributed by atoms with Crippen LogP contribution in [0, 0.1) is 24.0 Å². The summed E-state index contributed by atoms with van der Waals surface area (Å²) >= 11 is 0. The molecule has 1 aromatic rings. The molecule has 1 aromatic carbocycles. The van der Waals surface area contributed by atoms with Crippen LogP contribution in [0.2, 0.25) is 0 Å². The molecule has 3 radical (unpaired) electrons. The predicted octanol–water partition coefficient (Wildman–Crippen LogP) is 0.770. The van der Waals surface area contributed by atoms with E-state index in [2.05, 4.69) is 23.9 Å². The first kappa shape index (κ1) is 22.7. The summed E-state index contributed by atoms with van der Waals surface area (Å²) in [5.74, 6) is -0.333. The van der Waals surface area contributed by atoms with Crippen molar-refractivity contribution in [3.8, 4) is 0 Å². The number of hydrogen-bond donors (Lipinski definition) is 2. The van der Waals surface area contributed by atoms with Crippen LogP contribution in [0.3, 0.4) is 0 Å². The third kappa shape index (κ3) is 6.97. The fourth-order valence-electron chi connectivity index (χ4n) is 1.83. The van der Waals surface area contributed by atoms with E-state index in [1.54, 1.807) is 6.92 Å². The number of nitro benzene ring substituents is 1. The van der Waals surface area contributed by atoms with Crippen LogP contribution in [-0.4, -0.2) is 39.2 Å². The zero-order valence-electron chi connectivity index (χ0n) is 12.8. The average molecular weight is 412 g/mol. The Kier molecular flexibility index (Phi) is 9.69. The predicted molar refractivity (Wildman–Crippen MR) is 84.7 cm³/mol. The van der Waals surface area contributed by atoms with Crippen LogP contribution in [-0.2, 0) is 42.7 Å². The van der Waals surface area contributed by atoms with E-state index >= 15 is 0 Å². The Morgan fingerprint density at radius 3 is 2.26 bits per heavy atom. The number of sulfonamides is 1. The first-order valence-electron chi connectivity index (χ1n) is 6.58. The number of nitro groups is 1. The van der Waals surface area contributed by atoms with E-state index in [9.17, 15) is 18.5 Å². The van der Waals surface area contributed by atoms with Gasteiger partial charge in [-0.2, -0.15) is 6.42 Å². The van der Waals surface area contributed by atoms with Gasteiger partial charge in [0.05, 0.1) is 17.7 Å². The van der Waals surface area contributed by atoms with Gasteiger partial charge in [-0.05, 0) is 24.1 Å². The van der Waals surface area contributed by atoms with Gasteiger partial charge >= 0.3 is 0 Å². The number of non-ortho nitro benzene ring substituents is 1. The number of nitrogens with one attached hydrogen (secondary N) is 2. The molecule has 0 heterocycles. The first-order chi connectivity index (χ1) is 10.2. The van der Waals surface area contributed by atoms with Gasteiger partial charge in [0.25, 0.3) is 5.69 Å². The van der Waals surface area contributed by atoms with Crippen LogP contribution in [0.5, 0.6) is 0 Å². The summed E-state index contributed by atoms with van der Waals surface area (Å²) < 4.78 is 26.9. The molecule has 3 atom stereocenters. The maximum Gasteiger partial charge on any atom is 0.269 e. The van der Waals surface area contributed by atoms with Crippen LogP contribution < -0.4 is 10.0 Å². The Hall–Kier alpha value is -0.341. The molecule has 123 valence electrons. The maximum absolute atomic E-state index is 12.2. The summed E-state index contributed by atoms with van der Waals surface area (Å²) in [5.41, 5.74) is -0.181. The SMILES string of the molecule is [B]C(C)NC(C[CH2-])C([CH2-])NS(=O)(=O)c1ccc([N+](=O)[O-])cc1.[Y]. The van der Waals surface area contributed by atoms with Gasteiger partial charge in [-0.3, -0.25) is 10.1 Å². The molecule has 3 unspecified atom stereocenters. The van der Waals surface area contributed by atoms with E-state index in [0.29, 0.717) is 6.42 Å². The van der Waals surface area contributed by atoms with Crippen molar-refractivity contribution in [2.24, 2.45) is 0 Å². The molecule has 23 heavy (non-hydrogen) atoms. The fraction of sp³-hybridized carbons (Fsp3) is 0.385. The minimum Gasteiger partial charge on any atom is -0.342 e. The van der Waals surface area contributed by atoms with Gasteiger partial charge < -0.3 is 19.2 Å². The van der Waals surface area contributed by atoms with Gasteiger partial charge in [-0.15, -0.1) is 0 Å². The molecule has 0 aromatic heterocycles. The van der Waals surface area contributed by atoms with Crippen molar-refractivity contribution in [3.63, 3.8) is 0 Å². The summed E-state index contributed by atoms with van der Waals surface area (Å²) in [7, 11) is 1.78. The van der Waals surface area contributed by atoms with Crippen LogP contribution in [0.4, 0.5) is 5.69 Å². The summed E-state index contributed by atoms with van der Waals surface area (Å²) in [6.45, 7) is 9.21. The van der Waals surface area contributed by atoms with Crippen LogP contribution >= 0.6 is 0 Å². The summed E-state index contributed by atoms with van der Waals surface area (Å²) in [4.78, 5) is 9.90. The van der Waals surface area contributed by atoms with Gasteiger partial charge in [-0.1, -0.05) is 13.0 Å². The van der Waals surface area contributed by atoms with E-state index in [-0.39, 0.29) is 55.3 Å². The third-order valence-corrected chi connectivity index (χ3v) is 4.44. The second-order valence-corrected chi connectivity index (χ2v) is 6.54. The molecular formula is C13H18BN3O4SY-2. The van der Waals surface area contributed by atoms with E-state index in [1.165, 1.54) is 12.1 Å². The molecule has 10 heteroatoms. The van der Waals surface area contributed by atoms with E-state index in [0.717, 1.165) is 12.1 Å². The molecule has 0 fully saturated rings. The monoisotopic (exact) mass is 412 g/mol. The Morgan fingerprint density at radius 1 is 1.35 bits per heavy atom. The molecule has 0 saturated heterocycles. The topological polar surface area (TPSA) is 101 Å². The zero-order valence-corrected chi connectivity index (χ0v) is 16.5. The fourth-order valence-corrected chi connectivity index (χ4v) is 3.03. The Bertz CT molecular complexity index is 610. The third-order valence-electron chi connectivity index (χ3n) is 2.94. The van der Waals surface area contributed by atoms with Gasteiger partial charge in [0, 0.05) is 44.8 Å². The maximum atomic E-state index is 12.2. The molecule has 0 aliphatic carbocycles. The largest absolute Gasteiger partial charge is 0.342 e. The quantitative estimate of drug-likeness (QED) is 0.284. The van der Waals surface area contributed by atoms with Crippen molar-refractivity contribution in [2.75, 3.05) is 0 Å². The van der Waals surface area contributed by atoms with Crippen molar-refractivity contribution in [3.05, 3.63) is 48.2 Å². The minimum atomic E-state index is -3.84. The smallest absolute Gasteiger partial charge is 0.269 e. The zero-order chi connectivity index (χ0) is 16.9. The molecule has 2 N–H and O–H groups in total. The van der Waals surface area contributed by atoms with Crippen molar-refractivity contribution >= 4 is 23.6 Å². The molecule has 0 bridgehead atoms. The molecular weight excluding hydrogens is 394 g/mol. The molecule has 7 nitrogen and oxygen atoms in total. The van der Waals surface area contributed by atoms with Crippen molar-refractivity contribution in [1.29, 1.82) is 0 Å². The molecule has 0 aliphatic heterocycles. The summed E-state index contributed by atoms with van der Waals surface area (Å²) in [6.07, 6.45) is 0.387. The first-order valence-corrected chi connectivity index (χ1v) is 8.06. The molecule has 0 amide bonds. The van der Waals surface area contributed by atoms with Gasteiger partial charge in [0.2, 0.25) is 10.0 Å². The molecule has 0 saturated carbocycles. The van der Waals surface area contributed by atoms with E-state index < -0.39 is 21.0 Å². The van der Waals surface area contributed by atoms with Crippen molar-refractivity contribution in [1.82, 2.24) is 10.0 Å². The van der Waals surface area contributed by atoms with E-state index in [4.69, 9.17) is 7.85 Å². The van der Waals surface area contributed by atoms with Crippen molar-refractivity contribution < 1.29 is 46.1 Å². The second-order valence-electron chi connectivity index (χ2n) is 4.83. The standard InChI is InChI=1S/C13H18BN3O4S.Y/c1-4-13(15-10(3)14)9(2)16-22(20,21)12-7-5-11(6-8-12)17(18)19;/h5-10,13,15-16H,1-2,4H2,3H3;/q-2;. The van der Waals surface area contributed by atoms with Crippen molar-refractivity contribution in [2.45, 2.75) is 36.3 Å². The number of rotatable bonds is 8. The Labute approximate surface area is 163 Å². The van der Waals surface area contributed by atoms with Gasteiger partial charge in [0.15, 0.2) is 0 Å². The Morgan fingerprint density at radius 2 is 1.87 bits per heavy atom. The average Bonchev–Trinajstić information content (AvgIpc) is 2.44. The summed E-state index contributed by atoms with van der Waals surface area (Å²) in [5, 5.41) is 13.5. The van der Waals surface area contributed by atoms with Gasteiger partial charge in [-0.25, -0.2) is 13.1 Å². The molecule has 0 spiro atoms. The minimum absolute atomic E-state index is 0. The van der Waals surface area contributed by atoms with Crippen LogP contribution in [0.25, 0.3) is 0 Å². The van der Waals surface area contributed by atoms with Crippen LogP contribution in [0.15, 0.2) is 29.2 Å². The Balaban J connectivity index is 0.00000484. The number of benzene rings is 1.